The fourth-order valence-electron chi connectivity index (χ4n) is 2.89. The molecule has 0 N–H and O–H groups in total. The van der Waals surface area contributed by atoms with Crippen LogP contribution in [0, 0.1) is 12.3 Å². The van der Waals surface area contributed by atoms with E-state index in [1.54, 1.807) is 18.2 Å². The third-order valence-electron chi connectivity index (χ3n) is 4.22. The van der Waals surface area contributed by atoms with Gasteiger partial charge in [-0.1, -0.05) is 40.4 Å². The highest BCUT2D eigenvalue weighted by Crippen LogP contribution is 2.36. The van der Waals surface area contributed by atoms with Gasteiger partial charge in [-0.3, -0.25) is 4.79 Å². The van der Waals surface area contributed by atoms with Gasteiger partial charge in [-0.15, -0.1) is 6.42 Å². The summed E-state index contributed by atoms with van der Waals surface area (Å²) < 4.78 is 12.9. The zero-order chi connectivity index (χ0) is 21.7. The summed E-state index contributed by atoms with van der Waals surface area (Å²) in [5.41, 5.74) is 1.03. The number of fused-ring (bicyclic) bond motifs is 1. The van der Waals surface area contributed by atoms with E-state index in [1.165, 1.54) is 18.0 Å². The minimum absolute atomic E-state index is 0.0671. The maximum Gasteiger partial charge on any atom is 0.282 e. The van der Waals surface area contributed by atoms with Gasteiger partial charge in [-0.2, -0.15) is 9.78 Å². The van der Waals surface area contributed by atoms with Crippen LogP contribution in [0.3, 0.4) is 0 Å². The molecule has 1 heterocycles. The lowest BCUT2D eigenvalue weighted by molar-refractivity contribution is 0.331. The Morgan fingerprint density at radius 2 is 2.17 bits per heavy atom. The van der Waals surface area contributed by atoms with E-state index in [2.05, 4.69) is 31.9 Å². The van der Waals surface area contributed by atoms with Crippen LogP contribution in [0.15, 0.2) is 44.7 Å². The molecule has 0 bridgehead atoms. The molecular weight excluding hydrogens is 470 g/mol. The molecule has 6 nitrogen and oxygen atoms in total. The monoisotopic (exact) mass is 487 g/mol. The fraction of sp³-hybridized carbons (Fsp3) is 0.227. The summed E-state index contributed by atoms with van der Waals surface area (Å²) in [4.78, 5) is 17.7. The average Bonchev–Trinajstić information content (AvgIpc) is 2.73. The van der Waals surface area contributed by atoms with Gasteiger partial charge in [0.2, 0.25) is 0 Å². The number of aryl methyl sites for hydroxylation is 1. The van der Waals surface area contributed by atoms with Crippen molar-refractivity contribution in [2.75, 3.05) is 13.7 Å². The summed E-state index contributed by atoms with van der Waals surface area (Å²) in [5.74, 6) is 3.75. The van der Waals surface area contributed by atoms with Crippen LogP contribution in [0.4, 0.5) is 0 Å². The number of halogens is 2. The molecule has 0 atom stereocenters. The lowest BCUT2D eigenvalue weighted by Gasteiger charge is -2.12. The summed E-state index contributed by atoms with van der Waals surface area (Å²) in [7, 11) is 1.50. The minimum atomic E-state index is -0.243. The van der Waals surface area contributed by atoms with Crippen molar-refractivity contribution < 1.29 is 9.47 Å². The Labute approximate surface area is 187 Å². The summed E-state index contributed by atoms with van der Waals surface area (Å²) in [6, 6.07) is 8.78. The first kappa shape index (κ1) is 21.9. The van der Waals surface area contributed by atoms with E-state index >= 15 is 0 Å². The Morgan fingerprint density at radius 1 is 1.37 bits per heavy atom. The van der Waals surface area contributed by atoms with Crippen LogP contribution in [0.2, 0.25) is 5.02 Å². The highest BCUT2D eigenvalue weighted by Gasteiger charge is 2.13. The second kappa shape index (κ2) is 9.79. The fourth-order valence-corrected chi connectivity index (χ4v) is 3.53. The summed E-state index contributed by atoms with van der Waals surface area (Å²) >= 11 is 9.71. The van der Waals surface area contributed by atoms with Crippen LogP contribution in [-0.4, -0.2) is 29.6 Å². The van der Waals surface area contributed by atoms with Crippen LogP contribution in [-0.2, 0) is 6.42 Å². The maximum absolute atomic E-state index is 13.1. The predicted molar refractivity (Wildman–Crippen MR) is 123 cm³/mol. The molecular formula is C22H19BrClN3O3. The van der Waals surface area contributed by atoms with Crippen LogP contribution in [0.25, 0.3) is 10.9 Å². The number of aromatic nitrogens is 2. The van der Waals surface area contributed by atoms with Gasteiger partial charge in [-0.05, 0) is 42.3 Å². The lowest BCUT2D eigenvalue weighted by atomic mass is 10.2. The Bertz CT molecular complexity index is 1210. The van der Waals surface area contributed by atoms with E-state index in [4.69, 9.17) is 27.5 Å². The van der Waals surface area contributed by atoms with E-state index in [0.29, 0.717) is 45.2 Å². The first-order chi connectivity index (χ1) is 14.5. The molecule has 0 unspecified atom stereocenters. The van der Waals surface area contributed by atoms with Crippen molar-refractivity contribution in [2.45, 2.75) is 19.8 Å². The molecule has 0 radical (unpaired) electrons. The van der Waals surface area contributed by atoms with Crippen LogP contribution >= 0.6 is 27.5 Å². The molecule has 2 aromatic carbocycles. The maximum atomic E-state index is 13.1. The highest BCUT2D eigenvalue weighted by molar-refractivity contribution is 9.10. The van der Waals surface area contributed by atoms with E-state index in [0.717, 1.165) is 10.9 Å². The van der Waals surface area contributed by atoms with Crippen molar-refractivity contribution in [3.05, 3.63) is 61.6 Å². The molecule has 0 aliphatic rings. The number of hydrogen-bond acceptors (Lipinski definition) is 5. The molecule has 0 saturated carbocycles. The van der Waals surface area contributed by atoms with Gasteiger partial charge in [0.05, 0.1) is 29.2 Å². The third kappa shape index (κ3) is 4.66. The van der Waals surface area contributed by atoms with Crippen LogP contribution < -0.4 is 15.0 Å². The van der Waals surface area contributed by atoms with Gasteiger partial charge in [0, 0.05) is 10.9 Å². The minimum Gasteiger partial charge on any atom is -0.493 e. The molecule has 30 heavy (non-hydrogen) atoms. The van der Waals surface area contributed by atoms with Crippen molar-refractivity contribution in [3.63, 3.8) is 0 Å². The summed E-state index contributed by atoms with van der Waals surface area (Å²) in [6.07, 6.45) is 8.21. The lowest BCUT2D eigenvalue weighted by Crippen LogP contribution is -2.22. The van der Waals surface area contributed by atoms with Gasteiger partial charge in [0.1, 0.15) is 12.4 Å². The molecule has 0 fully saturated rings. The molecule has 0 aliphatic carbocycles. The first-order valence-corrected chi connectivity index (χ1v) is 10.3. The van der Waals surface area contributed by atoms with Crippen molar-refractivity contribution >= 4 is 44.6 Å². The number of rotatable bonds is 7. The van der Waals surface area contributed by atoms with Gasteiger partial charge >= 0.3 is 0 Å². The number of terminal acetylenes is 1. The van der Waals surface area contributed by atoms with Crippen LogP contribution in [0.1, 0.15) is 24.7 Å². The average molecular weight is 489 g/mol. The number of ether oxygens (including phenoxy) is 2. The van der Waals surface area contributed by atoms with Crippen molar-refractivity contribution in [1.29, 1.82) is 0 Å². The van der Waals surface area contributed by atoms with Gasteiger partial charge in [-0.25, -0.2) is 4.98 Å². The number of nitrogens with zero attached hydrogens (tertiary/aromatic N) is 3. The van der Waals surface area contributed by atoms with Gasteiger partial charge < -0.3 is 9.47 Å². The van der Waals surface area contributed by atoms with E-state index < -0.39 is 0 Å². The van der Waals surface area contributed by atoms with Crippen molar-refractivity contribution in [2.24, 2.45) is 5.10 Å². The second-order valence-corrected chi connectivity index (χ2v) is 7.65. The largest absolute Gasteiger partial charge is 0.493 e. The topological polar surface area (TPSA) is 65.7 Å². The molecule has 3 aromatic rings. The zero-order valence-electron chi connectivity index (χ0n) is 16.5. The Hall–Kier alpha value is -2.82. The van der Waals surface area contributed by atoms with E-state index in [1.807, 2.05) is 19.1 Å². The third-order valence-corrected chi connectivity index (χ3v) is 5.00. The Balaban J connectivity index is 2.08. The summed E-state index contributed by atoms with van der Waals surface area (Å²) in [5, 5.41) is 5.20. The smallest absolute Gasteiger partial charge is 0.282 e. The molecule has 0 aliphatic heterocycles. The van der Waals surface area contributed by atoms with Crippen molar-refractivity contribution in [3.8, 4) is 23.8 Å². The second-order valence-electron chi connectivity index (χ2n) is 6.33. The van der Waals surface area contributed by atoms with E-state index in [-0.39, 0.29) is 12.2 Å². The number of benzene rings is 2. The molecule has 1 aromatic heterocycles. The zero-order valence-corrected chi connectivity index (χ0v) is 18.8. The first-order valence-electron chi connectivity index (χ1n) is 9.17. The summed E-state index contributed by atoms with van der Waals surface area (Å²) in [6.45, 7) is 2.09. The normalized spacial score (nSPS) is 11.0. The Kier molecular flexibility index (Phi) is 7.14. The number of methoxy groups -OCH3 is 1. The van der Waals surface area contributed by atoms with Crippen LogP contribution in [0.5, 0.6) is 11.5 Å². The molecule has 154 valence electrons. The van der Waals surface area contributed by atoms with Gasteiger partial charge in [0.25, 0.3) is 5.56 Å². The number of hydrogen-bond donors (Lipinski definition) is 0. The predicted octanol–water partition coefficient (Wildman–Crippen LogP) is 4.67. The molecule has 0 amide bonds. The van der Waals surface area contributed by atoms with E-state index in [9.17, 15) is 4.79 Å². The van der Waals surface area contributed by atoms with Gasteiger partial charge in [0.15, 0.2) is 11.5 Å². The molecule has 0 spiro atoms. The van der Waals surface area contributed by atoms with Crippen molar-refractivity contribution in [1.82, 2.24) is 9.66 Å². The molecule has 0 saturated heterocycles. The molecule has 8 heteroatoms. The standard InChI is InChI=1S/C22H19BrClN3O3/c1-4-6-20-26-18-8-7-15(23)12-16(18)22(28)27(20)25-13-14-10-17(24)21(30-9-5-2)19(11-14)29-3/h2,7-8,10-13H,4,6,9H2,1,3H3. The molecule has 3 rings (SSSR count). The SMILES string of the molecule is C#CCOc1c(Cl)cc(C=Nn2c(CCC)nc3ccc(Br)cc3c2=O)cc1OC. The Morgan fingerprint density at radius 3 is 2.87 bits per heavy atom. The quantitative estimate of drug-likeness (QED) is 0.358. The highest BCUT2D eigenvalue weighted by atomic mass is 79.9.